The first-order chi connectivity index (χ1) is 22.8. The average Bonchev–Trinajstić information content (AvgIpc) is 3.08. The van der Waals surface area contributed by atoms with Gasteiger partial charge in [0.2, 0.25) is 0 Å². The highest BCUT2D eigenvalue weighted by molar-refractivity contribution is 7.85. The third kappa shape index (κ3) is 8.25. The van der Waals surface area contributed by atoms with E-state index in [0.29, 0.717) is 53.2 Å². The fourth-order valence-corrected chi connectivity index (χ4v) is 7.93. The summed E-state index contributed by atoms with van der Waals surface area (Å²) < 4.78 is 59.6. The summed E-state index contributed by atoms with van der Waals surface area (Å²) >= 11 is 6.65. The van der Waals surface area contributed by atoms with Crippen LogP contribution in [0.4, 0.5) is 4.39 Å². The number of allylic oxidation sites excluding steroid dienone is 1. The van der Waals surface area contributed by atoms with E-state index < -0.39 is 22.0 Å². The zero-order chi connectivity index (χ0) is 32.8. The molecular formula is C38H39ClFNO5S. The minimum Gasteiger partial charge on any atom is -0.497 e. The maximum Gasteiger partial charge on any atom is 0.272 e. The number of halogens is 2. The Morgan fingerprint density at radius 1 is 0.851 bits per heavy atom. The van der Waals surface area contributed by atoms with Gasteiger partial charge in [-0.25, -0.2) is 4.39 Å². The molecule has 0 amide bonds. The molecule has 4 aromatic carbocycles. The van der Waals surface area contributed by atoms with E-state index in [1.165, 1.54) is 31.4 Å². The van der Waals surface area contributed by atoms with Crippen molar-refractivity contribution in [2.24, 2.45) is 0 Å². The average molecular weight is 676 g/mol. The molecule has 1 aliphatic heterocycles. The van der Waals surface area contributed by atoms with Crippen LogP contribution in [0.2, 0.25) is 5.02 Å². The molecule has 4 aromatic rings. The number of piperidine rings is 1. The molecule has 1 unspecified atom stereocenters. The zero-order valence-corrected chi connectivity index (χ0v) is 28.0. The van der Waals surface area contributed by atoms with Crippen molar-refractivity contribution in [2.75, 3.05) is 33.4 Å². The van der Waals surface area contributed by atoms with Gasteiger partial charge in [0.15, 0.2) is 0 Å². The molecule has 6 nitrogen and oxygen atoms in total. The van der Waals surface area contributed by atoms with Gasteiger partial charge in [0.1, 0.15) is 35.8 Å². The fourth-order valence-electron chi connectivity index (χ4n) is 6.48. The van der Waals surface area contributed by atoms with Crippen molar-refractivity contribution in [1.29, 1.82) is 0 Å². The lowest BCUT2D eigenvalue weighted by Crippen LogP contribution is -2.33. The normalized spacial score (nSPS) is 16.1. The summed E-state index contributed by atoms with van der Waals surface area (Å²) in [6.07, 6.45) is 3.91. The molecule has 0 radical (unpaired) electrons. The molecule has 1 aliphatic carbocycles. The topological polar surface area (TPSA) is 65.1 Å². The first-order valence-corrected chi connectivity index (χ1v) is 18.0. The molecule has 1 fully saturated rings. The van der Waals surface area contributed by atoms with Gasteiger partial charge in [-0.05, 0) is 114 Å². The number of hydrogen-bond acceptors (Lipinski definition) is 6. The van der Waals surface area contributed by atoms with E-state index in [4.69, 9.17) is 25.3 Å². The Balaban J connectivity index is 1.41. The predicted molar refractivity (Wildman–Crippen MR) is 185 cm³/mol. The third-order valence-electron chi connectivity index (χ3n) is 8.83. The Hall–Kier alpha value is -3.69. The molecule has 0 spiro atoms. The van der Waals surface area contributed by atoms with Crippen molar-refractivity contribution in [3.8, 4) is 11.5 Å². The van der Waals surface area contributed by atoms with Gasteiger partial charge in [-0.1, -0.05) is 72.6 Å². The molecule has 0 aromatic heterocycles. The molecule has 246 valence electrons. The smallest absolute Gasteiger partial charge is 0.272 e. The van der Waals surface area contributed by atoms with Crippen molar-refractivity contribution >= 4 is 32.9 Å². The highest BCUT2D eigenvalue weighted by Crippen LogP contribution is 2.48. The van der Waals surface area contributed by atoms with Crippen molar-refractivity contribution < 1.29 is 26.5 Å². The van der Waals surface area contributed by atoms with Gasteiger partial charge in [0, 0.05) is 6.54 Å². The molecule has 0 bridgehead atoms. The Morgan fingerprint density at radius 2 is 1.57 bits per heavy atom. The van der Waals surface area contributed by atoms with E-state index in [9.17, 15) is 12.8 Å². The Bertz CT molecular complexity index is 1820. The largest absolute Gasteiger partial charge is 0.497 e. The quantitative estimate of drug-likeness (QED) is 0.140. The van der Waals surface area contributed by atoms with Crippen LogP contribution in [0, 0.1) is 5.82 Å². The summed E-state index contributed by atoms with van der Waals surface area (Å²) in [6.45, 7) is 3.63. The van der Waals surface area contributed by atoms with E-state index in [0.717, 1.165) is 36.3 Å². The first-order valence-electron chi connectivity index (χ1n) is 16.1. The van der Waals surface area contributed by atoms with Gasteiger partial charge in [-0.2, -0.15) is 8.42 Å². The minimum atomic E-state index is -4.09. The monoisotopic (exact) mass is 675 g/mol. The lowest BCUT2D eigenvalue weighted by Gasteiger charge is -2.30. The number of benzene rings is 4. The van der Waals surface area contributed by atoms with Gasteiger partial charge >= 0.3 is 0 Å². The number of ether oxygens (including phenoxy) is 2. The molecule has 1 saturated heterocycles. The third-order valence-corrected chi connectivity index (χ3v) is 10.3. The van der Waals surface area contributed by atoms with Crippen LogP contribution in [0.5, 0.6) is 11.5 Å². The SMILES string of the molecule is COc1ccc2c(c1)CCC(c1ccc(F)cc1Cl)=C2C(OS(=O)(=O)Cc1ccccc1)c1ccc(OCCN2CCCCC2)cc1. The summed E-state index contributed by atoms with van der Waals surface area (Å²) in [6, 6.07) is 26.4. The summed E-state index contributed by atoms with van der Waals surface area (Å²) in [5, 5.41) is 0.248. The number of likely N-dealkylation sites (tertiary alicyclic amines) is 1. The van der Waals surface area contributed by atoms with Crippen LogP contribution in [0.3, 0.4) is 0 Å². The standard InChI is InChI=1S/C38H39ClFNO5S/c1-44-32-16-19-33-29(24-32)12-17-35(34-18-13-30(40)25-36(34)39)37(33)38(46-47(42,43)26-27-8-4-2-5-9-27)28-10-14-31(15-11-28)45-23-22-41-20-6-3-7-21-41/h2,4-5,8-11,13-16,18-19,24-25,38H,3,6-7,12,17,20-23,26H2,1H3. The highest BCUT2D eigenvalue weighted by Gasteiger charge is 2.33. The molecule has 47 heavy (non-hydrogen) atoms. The van der Waals surface area contributed by atoms with Crippen molar-refractivity contribution in [3.05, 3.63) is 130 Å². The van der Waals surface area contributed by atoms with Gasteiger partial charge in [-0.3, -0.25) is 9.08 Å². The highest BCUT2D eigenvalue weighted by atomic mass is 35.5. The summed E-state index contributed by atoms with van der Waals surface area (Å²) in [5.74, 6) is 0.654. The molecule has 0 saturated carbocycles. The van der Waals surface area contributed by atoms with Crippen molar-refractivity contribution in [1.82, 2.24) is 4.90 Å². The maximum absolute atomic E-state index is 14.2. The van der Waals surface area contributed by atoms with E-state index in [1.807, 2.05) is 48.5 Å². The number of methoxy groups -OCH3 is 1. The fraction of sp³-hybridized carbons (Fsp3) is 0.316. The molecule has 1 atom stereocenters. The zero-order valence-electron chi connectivity index (χ0n) is 26.5. The van der Waals surface area contributed by atoms with Crippen LogP contribution in [0.25, 0.3) is 11.1 Å². The number of hydrogen-bond donors (Lipinski definition) is 0. The second-order valence-electron chi connectivity index (χ2n) is 12.0. The van der Waals surface area contributed by atoms with Crippen LogP contribution in [-0.4, -0.2) is 46.7 Å². The molecule has 9 heteroatoms. The van der Waals surface area contributed by atoms with E-state index in [2.05, 4.69) is 4.90 Å². The van der Waals surface area contributed by atoms with Crippen LogP contribution in [-0.2, 0) is 26.5 Å². The summed E-state index contributed by atoms with van der Waals surface area (Å²) in [7, 11) is -2.48. The van der Waals surface area contributed by atoms with Gasteiger partial charge in [-0.15, -0.1) is 0 Å². The molecule has 2 aliphatic rings. The van der Waals surface area contributed by atoms with Crippen LogP contribution in [0.1, 0.15) is 59.6 Å². The molecule has 0 N–H and O–H groups in total. The van der Waals surface area contributed by atoms with Crippen molar-refractivity contribution in [2.45, 2.75) is 44.0 Å². The van der Waals surface area contributed by atoms with Gasteiger partial charge < -0.3 is 9.47 Å². The number of aryl methyl sites for hydroxylation is 1. The minimum absolute atomic E-state index is 0.248. The van der Waals surface area contributed by atoms with E-state index in [-0.39, 0.29) is 10.8 Å². The maximum atomic E-state index is 14.2. The van der Waals surface area contributed by atoms with E-state index in [1.54, 1.807) is 37.4 Å². The second-order valence-corrected chi connectivity index (χ2v) is 14.0. The lowest BCUT2D eigenvalue weighted by molar-refractivity contribution is 0.183. The Kier molecular flexibility index (Phi) is 10.6. The molecule has 1 heterocycles. The van der Waals surface area contributed by atoms with Crippen molar-refractivity contribution in [3.63, 3.8) is 0 Å². The van der Waals surface area contributed by atoms with Crippen LogP contribution >= 0.6 is 11.6 Å². The molecule has 6 rings (SSSR count). The lowest BCUT2D eigenvalue weighted by atomic mass is 9.79. The summed E-state index contributed by atoms with van der Waals surface area (Å²) in [5.41, 5.74) is 5.18. The second kappa shape index (κ2) is 15.0. The number of nitrogens with zero attached hydrogens (tertiary/aromatic N) is 1. The van der Waals surface area contributed by atoms with E-state index >= 15 is 0 Å². The predicted octanol–water partition coefficient (Wildman–Crippen LogP) is 8.50. The van der Waals surface area contributed by atoms with Gasteiger partial charge in [0.25, 0.3) is 10.1 Å². The number of rotatable bonds is 12. The van der Waals surface area contributed by atoms with Crippen LogP contribution in [0.15, 0.2) is 91.0 Å². The number of fused-ring (bicyclic) bond motifs is 1. The Morgan fingerprint density at radius 3 is 2.30 bits per heavy atom. The molecular weight excluding hydrogens is 637 g/mol. The van der Waals surface area contributed by atoms with Gasteiger partial charge in [0.05, 0.1) is 12.1 Å². The first kappa shape index (κ1) is 33.2. The van der Waals surface area contributed by atoms with Crippen LogP contribution < -0.4 is 9.47 Å². The summed E-state index contributed by atoms with van der Waals surface area (Å²) in [4.78, 5) is 2.42. The Labute approximate surface area is 281 Å².